The van der Waals surface area contributed by atoms with Crippen LogP contribution in [-0.4, -0.2) is 53.3 Å². The third-order valence-electron chi connectivity index (χ3n) is 5.94. The number of anilines is 2. The average molecular weight is 447 g/mol. The quantitative estimate of drug-likeness (QED) is 0.563. The molecule has 0 saturated heterocycles. The highest BCUT2D eigenvalue weighted by atomic mass is 16.7. The van der Waals surface area contributed by atoms with Crippen molar-refractivity contribution in [2.75, 3.05) is 31.5 Å². The lowest BCUT2D eigenvalue weighted by Crippen LogP contribution is -2.24. The standard InChI is InChI=1S/C23H25N7O3/c1-13(17-8-16(10-25-21(17)24-3)18-11-27-30(4)14(18)2)22-28-29-23(33-22)26-9-15-5-6-19-20(7-15)32-12-31-19/h5-8,10-11,14,18H,1,9,12H2,2-4H3,(H,24,25)(H,26,29). The number of aromatic nitrogens is 3. The topological polar surface area (TPSA) is 110 Å². The van der Waals surface area contributed by atoms with Gasteiger partial charge in [0.1, 0.15) is 5.82 Å². The molecule has 0 amide bonds. The molecule has 2 aliphatic heterocycles. The van der Waals surface area contributed by atoms with Crippen molar-refractivity contribution < 1.29 is 13.9 Å². The number of rotatable bonds is 7. The summed E-state index contributed by atoms with van der Waals surface area (Å²) in [5.41, 5.74) is 3.44. The van der Waals surface area contributed by atoms with Crippen molar-refractivity contribution in [3.05, 3.63) is 59.6 Å². The molecule has 2 unspecified atom stereocenters. The zero-order valence-electron chi connectivity index (χ0n) is 18.7. The second-order valence-corrected chi connectivity index (χ2v) is 7.95. The van der Waals surface area contributed by atoms with Crippen molar-refractivity contribution in [2.45, 2.75) is 25.4 Å². The first-order valence-corrected chi connectivity index (χ1v) is 10.6. The monoisotopic (exact) mass is 447 g/mol. The molecular formula is C23H25N7O3. The lowest BCUT2D eigenvalue weighted by atomic mass is 9.93. The van der Waals surface area contributed by atoms with Crippen LogP contribution in [-0.2, 0) is 6.54 Å². The third kappa shape index (κ3) is 3.95. The second-order valence-electron chi connectivity index (χ2n) is 7.95. The molecule has 0 saturated carbocycles. The van der Waals surface area contributed by atoms with Crippen LogP contribution in [0.4, 0.5) is 11.8 Å². The van der Waals surface area contributed by atoms with Crippen molar-refractivity contribution in [3.8, 4) is 11.5 Å². The molecule has 0 aliphatic carbocycles. The first-order valence-electron chi connectivity index (χ1n) is 10.6. The molecule has 2 atom stereocenters. The largest absolute Gasteiger partial charge is 0.454 e. The summed E-state index contributed by atoms with van der Waals surface area (Å²) >= 11 is 0. The molecule has 2 aromatic heterocycles. The van der Waals surface area contributed by atoms with E-state index in [0.717, 1.165) is 28.2 Å². The average Bonchev–Trinajstić information content (AvgIpc) is 3.57. The van der Waals surface area contributed by atoms with E-state index in [1.54, 1.807) is 0 Å². The van der Waals surface area contributed by atoms with Gasteiger partial charge >= 0.3 is 6.01 Å². The Hall–Kier alpha value is -4.08. The van der Waals surface area contributed by atoms with Gasteiger partial charge in [0, 0.05) is 50.1 Å². The van der Waals surface area contributed by atoms with Gasteiger partial charge in [-0.2, -0.15) is 5.10 Å². The van der Waals surface area contributed by atoms with Crippen molar-refractivity contribution in [1.82, 2.24) is 20.2 Å². The third-order valence-corrected chi connectivity index (χ3v) is 5.94. The molecule has 170 valence electrons. The maximum absolute atomic E-state index is 5.84. The molecule has 10 nitrogen and oxygen atoms in total. The molecule has 0 fully saturated rings. The lowest BCUT2D eigenvalue weighted by Gasteiger charge is -2.21. The Bertz CT molecular complexity index is 1220. The molecule has 0 bridgehead atoms. The van der Waals surface area contributed by atoms with E-state index in [0.29, 0.717) is 29.8 Å². The zero-order chi connectivity index (χ0) is 22.9. The van der Waals surface area contributed by atoms with E-state index < -0.39 is 0 Å². The van der Waals surface area contributed by atoms with Crippen molar-refractivity contribution in [1.29, 1.82) is 0 Å². The molecule has 3 aromatic rings. The molecule has 1 aromatic carbocycles. The number of hydrogen-bond acceptors (Lipinski definition) is 10. The number of pyridine rings is 1. The van der Waals surface area contributed by atoms with Gasteiger partial charge < -0.3 is 24.5 Å². The molecule has 0 radical (unpaired) electrons. The van der Waals surface area contributed by atoms with Crippen LogP contribution in [0.3, 0.4) is 0 Å². The van der Waals surface area contributed by atoms with Crippen LogP contribution in [0.25, 0.3) is 5.57 Å². The van der Waals surface area contributed by atoms with Crippen LogP contribution >= 0.6 is 0 Å². The summed E-state index contributed by atoms with van der Waals surface area (Å²) in [5.74, 6) is 2.63. The van der Waals surface area contributed by atoms with E-state index in [4.69, 9.17) is 13.9 Å². The van der Waals surface area contributed by atoms with Gasteiger partial charge in [0.25, 0.3) is 0 Å². The van der Waals surface area contributed by atoms with Gasteiger partial charge in [0.05, 0.1) is 6.04 Å². The summed E-state index contributed by atoms with van der Waals surface area (Å²) in [4.78, 5) is 4.58. The Labute approximate surface area is 191 Å². The normalized spacial score (nSPS) is 18.6. The highest BCUT2D eigenvalue weighted by Gasteiger charge is 2.27. The van der Waals surface area contributed by atoms with Gasteiger partial charge in [-0.3, -0.25) is 5.01 Å². The minimum absolute atomic E-state index is 0.140. The summed E-state index contributed by atoms with van der Waals surface area (Å²) in [7, 11) is 3.78. The van der Waals surface area contributed by atoms with E-state index in [-0.39, 0.29) is 18.8 Å². The molecule has 10 heteroatoms. The van der Waals surface area contributed by atoms with Crippen LogP contribution in [0.15, 0.2) is 46.6 Å². The van der Waals surface area contributed by atoms with Crippen LogP contribution in [0.5, 0.6) is 11.5 Å². The Morgan fingerprint density at radius 1 is 1.21 bits per heavy atom. The van der Waals surface area contributed by atoms with Crippen molar-refractivity contribution in [2.24, 2.45) is 5.10 Å². The minimum atomic E-state index is 0.140. The predicted molar refractivity (Wildman–Crippen MR) is 125 cm³/mol. The van der Waals surface area contributed by atoms with Crippen molar-refractivity contribution in [3.63, 3.8) is 0 Å². The Balaban J connectivity index is 1.32. The van der Waals surface area contributed by atoms with E-state index in [9.17, 15) is 0 Å². The molecule has 2 aliphatic rings. The van der Waals surface area contributed by atoms with Crippen LogP contribution in [0, 0.1) is 0 Å². The Kier molecular flexibility index (Phi) is 5.33. The summed E-state index contributed by atoms with van der Waals surface area (Å²) < 4.78 is 16.6. The smallest absolute Gasteiger partial charge is 0.316 e. The van der Waals surface area contributed by atoms with Crippen LogP contribution < -0.4 is 20.1 Å². The van der Waals surface area contributed by atoms with Gasteiger partial charge in [-0.15, -0.1) is 5.10 Å². The molecule has 2 N–H and O–H groups in total. The maximum atomic E-state index is 5.84. The SMILES string of the molecule is C=C(c1nnc(NCc2ccc3c(c2)OCO3)o1)c1cc(C2C=NN(C)C2C)cnc1NC. The number of nitrogens with one attached hydrogen (secondary N) is 2. The van der Waals surface area contributed by atoms with Gasteiger partial charge in [-0.1, -0.05) is 17.7 Å². The molecule has 33 heavy (non-hydrogen) atoms. The van der Waals surface area contributed by atoms with E-state index in [1.807, 2.05) is 49.7 Å². The first kappa shape index (κ1) is 20.8. The van der Waals surface area contributed by atoms with Crippen molar-refractivity contribution >= 4 is 23.6 Å². The number of fused-ring (bicyclic) bond motifs is 1. The fourth-order valence-corrected chi connectivity index (χ4v) is 3.86. The fraction of sp³-hybridized carbons (Fsp3) is 0.304. The Morgan fingerprint density at radius 3 is 2.85 bits per heavy atom. The Morgan fingerprint density at radius 2 is 2.06 bits per heavy atom. The number of benzene rings is 1. The summed E-state index contributed by atoms with van der Waals surface area (Å²) in [6, 6.07) is 8.36. The molecular weight excluding hydrogens is 422 g/mol. The molecule has 5 rings (SSSR count). The summed E-state index contributed by atoms with van der Waals surface area (Å²) in [6.45, 7) is 7.07. The number of ether oxygens (including phenoxy) is 2. The number of hydrogen-bond donors (Lipinski definition) is 2. The molecule has 4 heterocycles. The second kappa shape index (κ2) is 8.45. The number of nitrogens with zero attached hydrogens (tertiary/aromatic N) is 5. The van der Waals surface area contributed by atoms with Gasteiger partial charge in [0.15, 0.2) is 11.5 Å². The van der Waals surface area contributed by atoms with E-state index >= 15 is 0 Å². The van der Waals surface area contributed by atoms with Gasteiger partial charge in [-0.25, -0.2) is 4.98 Å². The minimum Gasteiger partial charge on any atom is -0.454 e. The highest BCUT2D eigenvalue weighted by Crippen LogP contribution is 2.34. The fourth-order valence-electron chi connectivity index (χ4n) is 3.86. The summed E-state index contributed by atoms with van der Waals surface area (Å²) in [6.07, 6.45) is 3.80. The van der Waals surface area contributed by atoms with Gasteiger partial charge in [0.2, 0.25) is 12.7 Å². The maximum Gasteiger partial charge on any atom is 0.316 e. The number of hydrazone groups is 1. The highest BCUT2D eigenvalue weighted by molar-refractivity contribution is 5.81. The number of likely N-dealkylation sites (N-methyl/N-ethyl adjacent to an activating group) is 1. The van der Waals surface area contributed by atoms with Gasteiger partial charge in [-0.05, 0) is 36.2 Å². The lowest BCUT2D eigenvalue weighted by molar-refractivity contribution is 0.174. The zero-order valence-corrected chi connectivity index (χ0v) is 18.7. The van der Waals surface area contributed by atoms with Crippen LogP contribution in [0.2, 0.25) is 0 Å². The van der Waals surface area contributed by atoms with Crippen LogP contribution in [0.1, 0.15) is 35.4 Å². The summed E-state index contributed by atoms with van der Waals surface area (Å²) in [5, 5.41) is 20.9. The first-order chi connectivity index (χ1) is 16.0. The van der Waals surface area contributed by atoms with E-state index in [2.05, 4.69) is 50.5 Å². The molecule has 0 spiro atoms. The predicted octanol–water partition coefficient (Wildman–Crippen LogP) is 3.31. The van der Waals surface area contributed by atoms with E-state index in [1.165, 1.54) is 0 Å².